The fraction of sp³-hybridized carbons (Fsp3) is 0.500. The highest BCUT2D eigenvalue weighted by atomic mass is 35.5. The second-order valence-corrected chi connectivity index (χ2v) is 5.13. The topological polar surface area (TPSA) is 35.5 Å². The molecule has 0 radical (unpaired) electrons. The van der Waals surface area contributed by atoms with E-state index in [0.29, 0.717) is 10.0 Å². The van der Waals surface area contributed by atoms with Gasteiger partial charge in [0.2, 0.25) is 0 Å². The molecule has 0 amide bonds. The van der Waals surface area contributed by atoms with Crippen LogP contribution in [0.15, 0.2) is 12.1 Å². The molecule has 1 fully saturated rings. The van der Waals surface area contributed by atoms with Crippen LogP contribution in [0, 0.1) is 0 Å². The number of rotatable bonds is 2. The van der Waals surface area contributed by atoms with E-state index >= 15 is 0 Å². The molecule has 1 saturated heterocycles. The van der Waals surface area contributed by atoms with E-state index in [1.165, 1.54) is 0 Å². The van der Waals surface area contributed by atoms with Gasteiger partial charge in [-0.15, -0.1) is 24.8 Å². The van der Waals surface area contributed by atoms with Crippen molar-refractivity contribution in [2.24, 2.45) is 0 Å². The third-order valence-corrected chi connectivity index (χ3v) is 3.71. The van der Waals surface area contributed by atoms with Crippen molar-refractivity contribution >= 4 is 48.0 Å². The van der Waals surface area contributed by atoms with Crippen molar-refractivity contribution in [2.45, 2.75) is 13.0 Å². The maximum atomic E-state index is 9.99. The zero-order valence-electron chi connectivity index (χ0n) is 10.5. The second kappa shape index (κ2) is 8.40. The number of benzene rings is 1. The van der Waals surface area contributed by atoms with Gasteiger partial charge in [-0.1, -0.05) is 23.2 Å². The van der Waals surface area contributed by atoms with Crippen molar-refractivity contribution < 1.29 is 5.11 Å². The number of aromatic hydroxyl groups is 1. The lowest BCUT2D eigenvalue weighted by atomic mass is 10.0. The normalized spacial score (nSPS) is 17.2. The van der Waals surface area contributed by atoms with Gasteiger partial charge in [0, 0.05) is 42.8 Å². The first-order valence-corrected chi connectivity index (χ1v) is 6.48. The van der Waals surface area contributed by atoms with Gasteiger partial charge in [-0.3, -0.25) is 4.90 Å². The van der Waals surface area contributed by atoms with Gasteiger partial charge in [0.1, 0.15) is 5.75 Å². The molecule has 110 valence electrons. The highest BCUT2D eigenvalue weighted by Gasteiger charge is 2.21. The number of phenols is 1. The molecular formula is C12H18Cl4N2O. The van der Waals surface area contributed by atoms with Crippen molar-refractivity contribution in [2.75, 3.05) is 26.2 Å². The highest BCUT2D eigenvalue weighted by Crippen LogP contribution is 2.36. The van der Waals surface area contributed by atoms with Gasteiger partial charge >= 0.3 is 0 Å². The van der Waals surface area contributed by atoms with Gasteiger partial charge in [-0.05, 0) is 19.1 Å². The Morgan fingerprint density at radius 1 is 1.21 bits per heavy atom. The van der Waals surface area contributed by atoms with Crippen LogP contribution in [0.5, 0.6) is 5.75 Å². The Labute approximate surface area is 136 Å². The van der Waals surface area contributed by atoms with Gasteiger partial charge in [-0.25, -0.2) is 0 Å². The molecule has 1 aliphatic heterocycles. The van der Waals surface area contributed by atoms with E-state index in [-0.39, 0.29) is 36.6 Å². The predicted molar refractivity (Wildman–Crippen MR) is 85.5 cm³/mol. The smallest absolute Gasteiger partial charge is 0.139 e. The molecule has 7 heteroatoms. The first-order valence-electron chi connectivity index (χ1n) is 5.72. The minimum Gasteiger partial charge on any atom is -0.506 e. The van der Waals surface area contributed by atoms with Crippen LogP contribution in [0.2, 0.25) is 10.0 Å². The Kier molecular flexibility index (Phi) is 8.45. The van der Waals surface area contributed by atoms with Gasteiger partial charge in [0.05, 0.1) is 5.02 Å². The number of nitrogens with one attached hydrogen (secondary N) is 1. The molecule has 1 aromatic rings. The summed E-state index contributed by atoms with van der Waals surface area (Å²) in [4.78, 5) is 2.30. The summed E-state index contributed by atoms with van der Waals surface area (Å²) < 4.78 is 0. The third-order valence-electron chi connectivity index (χ3n) is 3.21. The average molecular weight is 348 g/mol. The SMILES string of the molecule is C[C@@H](c1cc(Cl)cc(Cl)c1O)N1CCNCC1.Cl.Cl. The second-order valence-electron chi connectivity index (χ2n) is 4.29. The van der Waals surface area contributed by atoms with Crippen LogP contribution in [0.4, 0.5) is 0 Å². The van der Waals surface area contributed by atoms with Gasteiger partial charge in [0.15, 0.2) is 0 Å². The molecule has 0 unspecified atom stereocenters. The monoisotopic (exact) mass is 346 g/mol. The molecule has 0 aliphatic carbocycles. The molecule has 1 heterocycles. The van der Waals surface area contributed by atoms with E-state index < -0.39 is 0 Å². The Morgan fingerprint density at radius 2 is 1.79 bits per heavy atom. The number of piperazine rings is 1. The third kappa shape index (κ3) is 4.55. The standard InChI is InChI=1S/C12H16Cl2N2O.2ClH/c1-8(16-4-2-15-3-5-16)10-6-9(13)7-11(14)12(10)17;;/h6-8,15,17H,2-5H2,1H3;2*1H/t8-;;/m0../s1. The molecule has 3 nitrogen and oxygen atoms in total. The minimum absolute atomic E-state index is 0. The summed E-state index contributed by atoms with van der Waals surface area (Å²) in [7, 11) is 0. The fourth-order valence-electron chi connectivity index (χ4n) is 2.17. The molecule has 0 bridgehead atoms. The number of phenolic OH excluding ortho intramolecular Hbond substituents is 1. The van der Waals surface area contributed by atoms with Gasteiger partial charge in [-0.2, -0.15) is 0 Å². The lowest BCUT2D eigenvalue weighted by Gasteiger charge is -2.33. The van der Waals surface area contributed by atoms with E-state index in [9.17, 15) is 5.11 Å². The van der Waals surface area contributed by atoms with Gasteiger partial charge in [0.25, 0.3) is 0 Å². The Hall–Kier alpha value is 0.1000. The summed E-state index contributed by atoms with van der Waals surface area (Å²) >= 11 is 11.9. The van der Waals surface area contributed by atoms with Crippen molar-refractivity contribution in [3.8, 4) is 5.75 Å². The van der Waals surface area contributed by atoms with Crippen molar-refractivity contribution in [1.82, 2.24) is 10.2 Å². The van der Waals surface area contributed by atoms with Crippen LogP contribution in [0.1, 0.15) is 18.5 Å². The molecule has 0 spiro atoms. The van der Waals surface area contributed by atoms with E-state index in [1.807, 2.05) is 0 Å². The summed E-state index contributed by atoms with van der Waals surface area (Å²) in [5, 5.41) is 14.2. The summed E-state index contributed by atoms with van der Waals surface area (Å²) in [6, 6.07) is 3.47. The first-order chi connectivity index (χ1) is 8.09. The number of halogens is 4. The lowest BCUT2D eigenvalue weighted by Crippen LogP contribution is -2.44. The van der Waals surface area contributed by atoms with Crippen LogP contribution in [0.3, 0.4) is 0 Å². The van der Waals surface area contributed by atoms with Crippen LogP contribution in [0.25, 0.3) is 0 Å². The molecule has 0 saturated carbocycles. The highest BCUT2D eigenvalue weighted by molar-refractivity contribution is 6.35. The maximum Gasteiger partial charge on any atom is 0.139 e. The van der Waals surface area contributed by atoms with E-state index in [0.717, 1.165) is 31.7 Å². The van der Waals surface area contributed by atoms with Crippen molar-refractivity contribution in [3.63, 3.8) is 0 Å². The first kappa shape index (κ1) is 19.1. The number of nitrogens with zero attached hydrogens (tertiary/aromatic N) is 1. The quantitative estimate of drug-likeness (QED) is 0.859. The molecule has 1 aromatic carbocycles. The van der Waals surface area contributed by atoms with E-state index in [1.54, 1.807) is 12.1 Å². The zero-order chi connectivity index (χ0) is 12.4. The van der Waals surface area contributed by atoms with Gasteiger partial charge < -0.3 is 10.4 Å². The zero-order valence-corrected chi connectivity index (χ0v) is 13.7. The van der Waals surface area contributed by atoms with Crippen molar-refractivity contribution in [1.29, 1.82) is 0 Å². The Morgan fingerprint density at radius 3 is 2.37 bits per heavy atom. The van der Waals surface area contributed by atoms with Crippen LogP contribution >= 0.6 is 48.0 Å². The fourth-order valence-corrected chi connectivity index (χ4v) is 2.68. The number of hydrogen-bond acceptors (Lipinski definition) is 3. The molecule has 19 heavy (non-hydrogen) atoms. The minimum atomic E-state index is 0. The molecule has 2 N–H and O–H groups in total. The lowest BCUT2D eigenvalue weighted by molar-refractivity contribution is 0.183. The summed E-state index contributed by atoms with van der Waals surface area (Å²) in [5.41, 5.74) is 0.796. The van der Waals surface area contributed by atoms with E-state index in [4.69, 9.17) is 23.2 Å². The Bertz CT molecular complexity index is 411. The molecule has 0 aromatic heterocycles. The summed E-state index contributed by atoms with van der Waals surface area (Å²) in [5.74, 6) is 0.141. The predicted octanol–water partition coefficient (Wildman–Crippen LogP) is 3.51. The largest absolute Gasteiger partial charge is 0.506 e. The van der Waals surface area contributed by atoms with E-state index in [2.05, 4.69) is 17.1 Å². The molecule has 1 atom stereocenters. The van der Waals surface area contributed by atoms with Crippen molar-refractivity contribution in [3.05, 3.63) is 27.7 Å². The molecule has 2 rings (SSSR count). The van der Waals surface area contributed by atoms with Crippen LogP contribution in [-0.4, -0.2) is 36.2 Å². The number of hydrogen-bond donors (Lipinski definition) is 2. The summed E-state index contributed by atoms with van der Waals surface area (Å²) in [6.45, 7) is 5.93. The summed E-state index contributed by atoms with van der Waals surface area (Å²) in [6.07, 6.45) is 0. The maximum absolute atomic E-state index is 9.99. The Balaban J connectivity index is 0.00000162. The van der Waals surface area contributed by atoms with Crippen LogP contribution < -0.4 is 5.32 Å². The average Bonchev–Trinajstić information content (AvgIpc) is 2.34. The molecule has 1 aliphatic rings. The molecular weight excluding hydrogens is 330 g/mol. The van der Waals surface area contributed by atoms with Crippen LogP contribution in [-0.2, 0) is 0 Å².